The number of amides is 2. The summed E-state index contributed by atoms with van der Waals surface area (Å²) in [6.07, 6.45) is 1.94. The molecule has 6 heteroatoms. The molecule has 2 heterocycles. The molecule has 2 saturated heterocycles. The Balaban J connectivity index is 0.000000257. The first-order chi connectivity index (χ1) is 18.3. The van der Waals surface area contributed by atoms with Gasteiger partial charge in [-0.1, -0.05) is 97.9 Å². The van der Waals surface area contributed by atoms with Crippen LogP contribution < -0.4 is 10.6 Å². The molecule has 3 N–H and O–H groups in total. The lowest BCUT2D eigenvalue weighted by atomic mass is 9.92. The van der Waals surface area contributed by atoms with Gasteiger partial charge in [-0.2, -0.15) is 0 Å². The molecule has 1 unspecified atom stereocenters. The predicted molar refractivity (Wildman–Crippen MR) is 150 cm³/mol. The second-order valence-corrected chi connectivity index (χ2v) is 10.8. The Bertz CT molecular complexity index is 1060. The van der Waals surface area contributed by atoms with Crippen molar-refractivity contribution in [3.05, 3.63) is 108 Å². The highest BCUT2D eigenvalue weighted by Crippen LogP contribution is 2.34. The van der Waals surface area contributed by atoms with E-state index in [1.54, 1.807) is 0 Å². The second kappa shape index (κ2) is 13.1. The summed E-state index contributed by atoms with van der Waals surface area (Å²) >= 11 is 0. The lowest BCUT2D eigenvalue weighted by molar-refractivity contribution is -0.150. The molecule has 0 bridgehead atoms. The Hall–Kier alpha value is -3.19. The van der Waals surface area contributed by atoms with Gasteiger partial charge in [0.15, 0.2) is 5.79 Å². The van der Waals surface area contributed by atoms with E-state index in [1.807, 2.05) is 75.4 Å². The molecule has 0 aliphatic carbocycles. The topological polar surface area (TPSA) is 79.8 Å². The van der Waals surface area contributed by atoms with Crippen molar-refractivity contribution in [3.63, 3.8) is 0 Å². The molecule has 0 radical (unpaired) electrons. The van der Waals surface area contributed by atoms with E-state index < -0.39 is 5.79 Å². The molecule has 2 aliphatic rings. The van der Waals surface area contributed by atoms with Crippen LogP contribution in [-0.2, 0) is 28.7 Å². The number of carbonyl (C=O) groups is 1. The fraction of sp³-hybridized carbons (Fsp3) is 0.406. The maximum atomic E-state index is 12.5. The zero-order valence-corrected chi connectivity index (χ0v) is 22.5. The van der Waals surface area contributed by atoms with Gasteiger partial charge in [0.05, 0.1) is 12.1 Å². The summed E-state index contributed by atoms with van der Waals surface area (Å²) in [5, 5.41) is 15.0. The molecular weight excluding hydrogens is 476 g/mol. The molecular formula is C32H40N2O4. The number of aliphatic hydroxyl groups excluding tert-OH is 1. The summed E-state index contributed by atoms with van der Waals surface area (Å²) in [6.45, 7) is 6.19. The van der Waals surface area contributed by atoms with E-state index in [-0.39, 0.29) is 36.9 Å². The number of hydrogen-bond acceptors (Lipinski definition) is 4. The lowest BCUT2D eigenvalue weighted by Gasteiger charge is -2.26. The van der Waals surface area contributed by atoms with Crippen LogP contribution >= 0.6 is 0 Å². The summed E-state index contributed by atoms with van der Waals surface area (Å²) in [6, 6.07) is 30.1. The Kier molecular flexibility index (Phi) is 9.56. The predicted octanol–water partition coefficient (Wildman–Crippen LogP) is 4.90. The maximum Gasteiger partial charge on any atom is 0.315 e. The summed E-state index contributed by atoms with van der Waals surface area (Å²) < 4.78 is 12.5. The van der Waals surface area contributed by atoms with Gasteiger partial charge in [0.1, 0.15) is 12.2 Å². The number of fused-ring (bicyclic) bond motifs is 1. The number of rotatable bonds is 7. The number of aliphatic hydroxyl groups is 1. The van der Waals surface area contributed by atoms with Crippen molar-refractivity contribution in [1.29, 1.82) is 0 Å². The number of urea groups is 1. The molecule has 2 aliphatic heterocycles. The summed E-state index contributed by atoms with van der Waals surface area (Å²) in [5.74, 6) is -0.305. The van der Waals surface area contributed by atoms with Gasteiger partial charge >= 0.3 is 6.03 Å². The van der Waals surface area contributed by atoms with E-state index in [9.17, 15) is 4.79 Å². The second-order valence-electron chi connectivity index (χ2n) is 10.8. The largest absolute Gasteiger partial charge is 0.396 e. The Labute approximate surface area is 226 Å². The first-order valence-corrected chi connectivity index (χ1v) is 13.5. The van der Waals surface area contributed by atoms with E-state index in [0.29, 0.717) is 18.8 Å². The van der Waals surface area contributed by atoms with Gasteiger partial charge < -0.3 is 25.2 Å². The Morgan fingerprint density at radius 1 is 0.737 bits per heavy atom. The minimum Gasteiger partial charge on any atom is -0.396 e. The Morgan fingerprint density at radius 2 is 1.13 bits per heavy atom. The van der Waals surface area contributed by atoms with E-state index in [2.05, 4.69) is 47.0 Å². The number of nitrogens with one attached hydrogen (secondary N) is 2. The van der Waals surface area contributed by atoms with Crippen molar-refractivity contribution in [2.75, 3.05) is 6.61 Å². The van der Waals surface area contributed by atoms with E-state index in [0.717, 1.165) is 17.5 Å². The number of hydrogen-bond donors (Lipinski definition) is 3. The molecule has 5 atom stereocenters. The average molecular weight is 517 g/mol. The van der Waals surface area contributed by atoms with Crippen molar-refractivity contribution in [2.24, 2.45) is 5.92 Å². The highest BCUT2D eigenvalue weighted by Gasteiger charge is 2.50. The molecule has 202 valence electrons. The SMILES string of the molecule is CC(CO)Cc1ccccc1.CC1(C)O[C@@H]2[C@@H](O1)[C@@H](Cc1ccccc1)NC(=O)N[C@@H]2Cc1ccccc1. The van der Waals surface area contributed by atoms with Gasteiger partial charge in [-0.25, -0.2) is 4.79 Å². The molecule has 5 rings (SSSR count). The quantitative estimate of drug-likeness (QED) is 0.417. The maximum absolute atomic E-state index is 12.5. The summed E-state index contributed by atoms with van der Waals surface area (Å²) in [5.41, 5.74) is 3.63. The van der Waals surface area contributed by atoms with Crippen molar-refractivity contribution >= 4 is 6.03 Å². The van der Waals surface area contributed by atoms with Crippen molar-refractivity contribution < 1.29 is 19.4 Å². The molecule has 3 aromatic rings. The first kappa shape index (κ1) is 27.8. The number of carbonyl (C=O) groups excluding carboxylic acids is 1. The van der Waals surface area contributed by atoms with Crippen molar-refractivity contribution in [1.82, 2.24) is 10.6 Å². The van der Waals surface area contributed by atoms with E-state index >= 15 is 0 Å². The third kappa shape index (κ3) is 7.90. The average Bonchev–Trinajstić information content (AvgIpc) is 3.20. The van der Waals surface area contributed by atoms with Crippen LogP contribution in [0.25, 0.3) is 0 Å². The molecule has 38 heavy (non-hydrogen) atoms. The van der Waals surface area contributed by atoms with Crippen molar-refractivity contribution in [3.8, 4) is 0 Å². The Morgan fingerprint density at radius 3 is 1.53 bits per heavy atom. The number of benzene rings is 3. The van der Waals surface area contributed by atoms with Gasteiger partial charge in [-0.05, 0) is 55.7 Å². The molecule has 0 aromatic heterocycles. The van der Waals surface area contributed by atoms with Gasteiger partial charge in [0, 0.05) is 6.61 Å². The standard InChI is InChI=1S/C22H26N2O3.C10H14O/c1-22(2)26-19-17(13-15-9-5-3-6-10-15)23-21(25)24-18(20(19)27-22)14-16-11-7-4-8-12-16;1-9(8-11)7-10-5-3-2-4-6-10/h3-12,17-20H,13-14H2,1-2H3,(H2,23,24,25);2-6,9,11H,7-8H2,1H3/t17-,18-,19+,20+;/m1./s1. The van der Waals surface area contributed by atoms with Crippen molar-refractivity contribution in [2.45, 2.75) is 70.1 Å². The fourth-order valence-electron chi connectivity index (χ4n) is 5.13. The summed E-state index contributed by atoms with van der Waals surface area (Å²) in [4.78, 5) is 12.5. The van der Waals surface area contributed by atoms with Gasteiger partial charge in [-0.15, -0.1) is 0 Å². The van der Waals surface area contributed by atoms with Gasteiger partial charge in [-0.3, -0.25) is 0 Å². The van der Waals surface area contributed by atoms with E-state index in [4.69, 9.17) is 14.6 Å². The summed E-state index contributed by atoms with van der Waals surface area (Å²) in [7, 11) is 0. The first-order valence-electron chi connectivity index (χ1n) is 13.5. The minimum atomic E-state index is -0.678. The van der Waals surface area contributed by atoms with Crippen LogP contribution in [0, 0.1) is 5.92 Å². The minimum absolute atomic E-state index is 0.153. The molecule has 2 fully saturated rings. The van der Waals surface area contributed by atoms with Crippen LogP contribution in [0.1, 0.15) is 37.5 Å². The molecule has 3 aromatic carbocycles. The third-order valence-electron chi connectivity index (χ3n) is 6.93. The fourth-order valence-corrected chi connectivity index (χ4v) is 5.13. The lowest BCUT2D eigenvalue weighted by Crippen LogP contribution is -2.47. The molecule has 2 amide bonds. The van der Waals surface area contributed by atoms with Crippen LogP contribution in [0.2, 0.25) is 0 Å². The number of ether oxygens (including phenoxy) is 2. The normalized spacial score (nSPS) is 24.6. The highest BCUT2D eigenvalue weighted by atomic mass is 16.8. The smallest absolute Gasteiger partial charge is 0.315 e. The van der Waals surface area contributed by atoms with Gasteiger partial charge in [0.25, 0.3) is 0 Å². The zero-order chi connectivity index (χ0) is 27.0. The van der Waals surface area contributed by atoms with Crippen LogP contribution in [0.5, 0.6) is 0 Å². The monoisotopic (exact) mass is 516 g/mol. The molecule has 0 saturated carbocycles. The van der Waals surface area contributed by atoms with Crippen LogP contribution in [-0.4, -0.2) is 47.8 Å². The van der Waals surface area contributed by atoms with Crippen LogP contribution in [0.4, 0.5) is 4.79 Å². The van der Waals surface area contributed by atoms with Crippen LogP contribution in [0.15, 0.2) is 91.0 Å². The highest BCUT2D eigenvalue weighted by molar-refractivity contribution is 5.75. The van der Waals surface area contributed by atoms with Gasteiger partial charge in [0.2, 0.25) is 0 Å². The molecule has 0 spiro atoms. The third-order valence-corrected chi connectivity index (χ3v) is 6.93. The van der Waals surface area contributed by atoms with Crippen LogP contribution in [0.3, 0.4) is 0 Å². The van der Waals surface area contributed by atoms with E-state index in [1.165, 1.54) is 5.56 Å². The molecule has 6 nitrogen and oxygen atoms in total. The zero-order valence-electron chi connectivity index (χ0n) is 22.5.